The van der Waals surface area contributed by atoms with Gasteiger partial charge in [-0.2, -0.15) is 18.3 Å². The summed E-state index contributed by atoms with van der Waals surface area (Å²) in [7, 11) is 0. The average Bonchev–Trinajstić information content (AvgIpc) is 3.54. The van der Waals surface area contributed by atoms with Crippen LogP contribution in [0, 0.1) is 17.7 Å². The molecule has 3 aliphatic rings. The van der Waals surface area contributed by atoms with E-state index in [4.69, 9.17) is 0 Å². The summed E-state index contributed by atoms with van der Waals surface area (Å²) < 4.78 is 54.9. The summed E-state index contributed by atoms with van der Waals surface area (Å²) in [5.74, 6) is -0.0879. The first kappa shape index (κ1) is 25.8. The monoisotopic (exact) mass is 537 g/mol. The number of piperidine rings is 1. The van der Waals surface area contributed by atoms with Crippen LogP contribution in [0.25, 0.3) is 5.69 Å². The molecule has 0 bridgehead atoms. The Morgan fingerprint density at radius 3 is 2.67 bits per heavy atom. The minimum atomic E-state index is -4.36. The van der Waals surface area contributed by atoms with Gasteiger partial charge in [0, 0.05) is 31.0 Å². The number of halogens is 4. The van der Waals surface area contributed by atoms with E-state index in [1.807, 2.05) is 15.8 Å². The van der Waals surface area contributed by atoms with Gasteiger partial charge in [0.1, 0.15) is 5.82 Å². The highest BCUT2D eigenvalue weighted by atomic mass is 19.4. The van der Waals surface area contributed by atoms with Crippen LogP contribution in [0.1, 0.15) is 60.9 Å². The van der Waals surface area contributed by atoms with Gasteiger partial charge in [-0.15, -0.1) is 0 Å². The molecule has 39 heavy (non-hydrogen) atoms. The largest absolute Gasteiger partial charge is 0.416 e. The molecule has 1 amide bonds. The molecule has 1 aromatic heterocycles. The number of rotatable bonds is 4. The summed E-state index contributed by atoms with van der Waals surface area (Å²) >= 11 is 0. The fourth-order valence-corrected chi connectivity index (χ4v) is 6.88. The number of allylic oxidation sites excluding steroid dienone is 1. The third kappa shape index (κ3) is 4.90. The average molecular weight is 538 g/mol. The maximum absolute atomic E-state index is 13.8. The number of amides is 1. The van der Waals surface area contributed by atoms with E-state index < -0.39 is 11.7 Å². The van der Waals surface area contributed by atoms with E-state index >= 15 is 0 Å². The fourth-order valence-electron chi connectivity index (χ4n) is 6.88. The van der Waals surface area contributed by atoms with Crippen LogP contribution >= 0.6 is 0 Å². The number of fused-ring (bicyclic) bond motifs is 1. The number of aromatic nitrogens is 2. The molecule has 1 saturated heterocycles. The van der Waals surface area contributed by atoms with E-state index in [0.29, 0.717) is 25.1 Å². The van der Waals surface area contributed by atoms with E-state index in [9.17, 15) is 22.4 Å². The molecule has 1 fully saturated rings. The van der Waals surface area contributed by atoms with Crippen LogP contribution in [0.3, 0.4) is 0 Å². The van der Waals surface area contributed by atoms with Gasteiger partial charge >= 0.3 is 6.18 Å². The molecule has 0 N–H and O–H groups in total. The smallest absolute Gasteiger partial charge is 0.342 e. The summed E-state index contributed by atoms with van der Waals surface area (Å²) in [6.45, 7) is 3.41. The molecule has 4 nitrogen and oxygen atoms in total. The Labute approximate surface area is 225 Å². The normalized spacial score (nSPS) is 23.1. The van der Waals surface area contributed by atoms with E-state index in [1.165, 1.54) is 35.4 Å². The highest BCUT2D eigenvalue weighted by Crippen LogP contribution is 2.48. The number of hydrogen-bond acceptors (Lipinski definition) is 2. The quantitative estimate of drug-likeness (QED) is 0.269. The van der Waals surface area contributed by atoms with Crippen molar-refractivity contribution < 1.29 is 22.4 Å². The Morgan fingerprint density at radius 2 is 1.90 bits per heavy atom. The van der Waals surface area contributed by atoms with Crippen molar-refractivity contribution >= 4 is 5.91 Å². The lowest BCUT2D eigenvalue weighted by Gasteiger charge is -2.36. The molecule has 0 saturated carbocycles. The summed E-state index contributed by atoms with van der Waals surface area (Å²) in [6, 6.07) is 11.9. The van der Waals surface area contributed by atoms with Crippen molar-refractivity contribution in [3.8, 4) is 5.69 Å². The topological polar surface area (TPSA) is 38.1 Å². The zero-order chi connectivity index (χ0) is 27.3. The van der Waals surface area contributed by atoms with Crippen molar-refractivity contribution in [1.82, 2.24) is 14.7 Å². The first-order chi connectivity index (χ1) is 18.7. The lowest BCUT2D eigenvalue weighted by molar-refractivity contribution is -0.137. The first-order valence-corrected chi connectivity index (χ1v) is 13.7. The highest BCUT2D eigenvalue weighted by molar-refractivity contribution is 5.83. The molecule has 204 valence electrons. The number of carbonyl (C=O) groups is 1. The molecular weight excluding hydrogens is 506 g/mol. The van der Waals surface area contributed by atoms with Gasteiger partial charge in [-0.05, 0) is 73.9 Å². The third-order valence-electron chi connectivity index (χ3n) is 8.71. The van der Waals surface area contributed by atoms with Gasteiger partial charge in [0.05, 0.1) is 29.1 Å². The van der Waals surface area contributed by atoms with Gasteiger partial charge < -0.3 is 4.90 Å². The summed E-state index contributed by atoms with van der Waals surface area (Å²) in [4.78, 5) is 15.8. The number of likely N-dealkylation sites (tertiary alicyclic amines) is 1. The van der Waals surface area contributed by atoms with Crippen molar-refractivity contribution in [2.45, 2.75) is 57.5 Å². The Hall–Kier alpha value is -3.42. The number of carbonyl (C=O) groups excluding carboxylic acids is 1. The van der Waals surface area contributed by atoms with Crippen LogP contribution in [0.2, 0.25) is 0 Å². The lowest BCUT2D eigenvalue weighted by Crippen LogP contribution is -2.44. The number of alkyl halides is 3. The van der Waals surface area contributed by atoms with Crippen LogP contribution in [-0.4, -0.2) is 33.7 Å². The maximum atomic E-state index is 13.8. The zero-order valence-electron chi connectivity index (χ0n) is 21.8. The minimum absolute atomic E-state index is 0.0695. The summed E-state index contributed by atoms with van der Waals surface area (Å²) in [6.07, 6.45) is 2.20. The van der Waals surface area contributed by atoms with Crippen molar-refractivity contribution in [2.24, 2.45) is 11.8 Å². The van der Waals surface area contributed by atoms with Gasteiger partial charge in [-0.1, -0.05) is 36.3 Å². The Bertz CT molecular complexity index is 1420. The van der Waals surface area contributed by atoms with Gasteiger partial charge in [0.15, 0.2) is 0 Å². The summed E-state index contributed by atoms with van der Waals surface area (Å²) in [5.41, 5.74) is 5.59. The molecule has 1 aliphatic heterocycles. The second-order valence-electron chi connectivity index (χ2n) is 11.2. The second kappa shape index (κ2) is 9.96. The van der Waals surface area contributed by atoms with Crippen molar-refractivity contribution in [3.63, 3.8) is 0 Å². The minimum Gasteiger partial charge on any atom is -0.342 e. The Balaban J connectivity index is 1.17. The van der Waals surface area contributed by atoms with Crippen molar-refractivity contribution in [1.29, 1.82) is 0 Å². The molecule has 3 aromatic rings. The predicted molar refractivity (Wildman–Crippen MR) is 140 cm³/mol. The van der Waals surface area contributed by atoms with Crippen LogP contribution in [-0.2, 0) is 23.8 Å². The molecule has 6 rings (SSSR count). The SMILES string of the molecule is C[C@@H]1C2=C(CC[C@H]2C(=O)N2CCCC(Cc3cccc(C(F)(F)F)c3)C2)Cc2c1cnn2-c1ccc(F)cc1. The van der Waals surface area contributed by atoms with Crippen molar-refractivity contribution in [3.05, 3.63) is 94.1 Å². The number of nitrogens with zero attached hydrogens (tertiary/aromatic N) is 3. The molecule has 1 unspecified atom stereocenters. The van der Waals surface area contributed by atoms with Gasteiger partial charge in [0.2, 0.25) is 5.91 Å². The van der Waals surface area contributed by atoms with Crippen molar-refractivity contribution in [2.75, 3.05) is 13.1 Å². The van der Waals surface area contributed by atoms with E-state index in [0.717, 1.165) is 55.1 Å². The molecule has 0 radical (unpaired) electrons. The van der Waals surface area contributed by atoms with Crippen LogP contribution in [0.15, 0.2) is 65.9 Å². The van der Waals surface area contributed by atoms with Gasteiger partial charge in [0.25, 0.3) is 0 Å². The third-order valence-corrected chi connectivity index (χ3v) is 8.71. The fraction of sp³-hybridized carbons (Fsp3) is 0.419. The maximum Gasteiger partial charge on any atom is 0.416 e. The lowest BCUT2D eigenvalue weighted by atomic mass is 9.79. The van der Waals surface area contributed by atoms with Gasteiger partial charge in [-0.3, -0.25) is 4.79 Å². The molecule has 2 aromatic carbocycles. The van der Waals surface area contributed by atoms with E-state index in [-0.39, 0.29) is 29.5 Å². The van der Waals surface area contributed by atoms with E-state index in [1.54, 1.807) is 18.2 Å². The molecule has 2 heterocycles. The number of benzene rings is 2. The van der Waals surface area contributed by atoms with Gasteiger partial charge in [-0.25, -0.2) is 9.07 Å². The molecule has 3 atom stereocenters. The van der Waals surface area contributed by atoms with Crippen LogP contribution in [0.5, 0.6) is 0 Å². The highest BCUT2D eigenvalue weighted by Gasteiger charge is 2.41. The van der Waals surface area contributed by atoms with Crippen LogP contribution < -0.4 is 0 Å². The molecular formula is C31H31F4N3O. The second-order valence-corrected chi connectivity index (χ2v) is 11.2. The number of hydrogen-bond donors (Lipinski definition) is 0. The zero-order valence-corrected chi connectivity index (χ0v) is 21.8. The summed E-state index contributed by atoms with van der Waals surface area (Å²) in [5, 5.41) is 4.61. The standard InChI is InChI=1S/C31H31F4N3O/c1-19-27-17-36-38(25-10-8-24(32)9-11-25)28(27)16-22-7-12-26(29(19)22)30(39)37-13-3-5-21(18-37)14-20-4-2-6-23(15-20)31(33,34)35/h2,4,6,8-11,15,17,19,21,26H,3,5,7,12-14,16,18H2,1H3/t19-,21?,26+/m0/s1. The first-order valence-electron chi connectivity index (χ1n) is 13.7. The molecule has 0 spiro atoms. The Morgan fingerprint density at radius 1 is 1.10 bits per heavy atom. The Kier molecular flexibility index (Phi) is 6.60. The molecule has 8 heteroatoms. The predicted octanol–water partition coefficient (Wildman–Crippen LogP) is 6.88. The molecule has 2 aliphatic carbocycles. The van der Waals surface area contributed by atoms with E-state index in [2.05, 4.69) is 12.0 Å². The van der Waals surface area contributed by atoms with Crippen LogP contribution in [0.4, 0.5) is 17.6 Å².